The molecule has 0 fully saturated rings. The van der Waals surface area contributed by atoms with Gasteiger partial charge in [0, 0.05) is 12.1 Å². The molecule has 0 saturated carbocycles. The van der Waals surface area contributed by atoms with Crippen molar-refractivity contribution in [1.82, 2.24) is 10.6 Å². The Kier molecular flexibility index (Phi) is 12.8. The van der Waals surface area contributed by atoms with E-state index in [9.17, 15) is 9.59 Å². The molecule has 1 amide bonds. The van der Waals surface area contributed by atoms with Crippen molar-refractivity contribution in [3.63, 3.8) is 0 Å². The van der Waals surface area contributed by atoms with Gasteiger partial charge in [0.05, 0.1) is 45.6 Å². The van der Waals surface area contributed by atoms with Gasteiger partial charge in [0.1, 0.15) is 5.78 Å². The zero-order chi connectivity index (χ0) is 17.7. The molecule has 0 aromatic heterocycles. The third-order valence-electron chi connectivity index (χ3n) is 3.03. The fraction of sp³-hybridized carbons (Fsp3) is 0.875. The van der Waals surface area contributed by atoms with E-state index in [4.69, 9.17) is 14.2 Å². The van der Waals surface area contributed by atoms with E-state index < -0.39 is 0 Å². The molecule has 0 spiro atoms. The van der Waals surface area contributed by atoms with Crippen LogP contribution in [-0.2, 0) is 23.8 Å². The van der Waals surface area contributed by atoms with Gasteiger partial charge in [0.25, 0.3) is 0 Å². The minimum absolute atomic E-state index is 0.0709. The van der Waals surface area contributed by atoms with E-state index in [1.54, 1.807) is 0 Å². The van der Waals surface area contributed by atoms with Gasteiger partial charge >= 0.3 is 0 Å². The number of rotatable bonds is 14. The molecule has 2 N–H and O–H groups in total. The molecule has 0 aliphatic heterocycles. The van der Waals surface area contributed by atoms with Crippen molar-refractivity contribution in [3.8, 4) is 0 Å². The number of nitrogens with one attached hydrogen (secondary N) is 2. The maximum atomic E-state index is 11.4. The molecule has 0 aliphatic rings. The number of ketones is 1. The van der Waals surface area contributed by atoms with Crippen molar-refractivity contribution in [2.75, 3.05) is 40.1 Å². The lowest BCUT2D eigenvalue weighted by Gasteiger charge is -2.18. The Morgan fingerprint density at radius 1 is 0.957 bits per heavy atom. The summed E-state index contributed by atoms with van der Waals surface area (Å²) in [4.78, 5) is 22.2. The number of ether oxygens (including phenoxy) is 3. The molecule has 7 nitrogen and oxygen atoms in total. The van der Waals surface area contributed by atoms with Crippen molar-refractivity contribution in [2.45, 2.75) is 52.3 Å². The lowest BCUT2D eigenvalue weighted by molar-refractivity contribution is -0.128. The van der Waals surface area contributed by atoms with Gasteiger partial charge in [-0.1, -0.05) is 0 Å². The number of amides is 1. The predicted molar refractivity (Wildman–Crippen MR) is 88.5 cm³/mol. The zero-order valence-electron chi connectivity index (χ0n) is 15.0. The van der Waals surface area contributed by atoms with Crippen molar-refractivity contribution in [3.05, 3.63) is 0 Å². The van der Waals surface area contributed by atoms with Gasteiger partial charge in [0.15, 0.2) is 0 Å². The van der Waals surface area contributed by atoms with Crippen molar-refractivity contribution in [2.24, 2.45) is 0 Å². The molecule has 0 aromatic carbocycles. The van der Waals surface area contributed by atoms with Gasteiger partial charge in [-0.3, -0.25) is 9.59 Å². The maximum Gasteiger partial charge on any atom is 0.227 e. The van der Waals surface area contributed by atoms with Crippen LogP contribution in [0.15, 0.2) is 0 Å². The number of carbonyl (C=O) groups is 2. The van der Waals surface area contributed by atoms with Crippen LogP contribution in [0, 0.1) is 0 Å². The highest BCUT2D eigenvalue weighted by Gasteiger charge is 2.11. The van der Waals surface area contributed by atoms with Crippen LogP contribution in [0.4, 0.5) is 0 Å². The third kappa shape index (κ3) is 14.3. The van der Waals surface area contributed by atoms with Crippen molar-refractivity contribution < 1.29 is 23.8 Å². The van der Waals surface area contributed by atoms with Gasteiger partial charge < -0.3 is 24.8 Å². The molecule has 0 heterocycles. The fourth-order valence-corrected chi connectivity index (χ4v) is 1.66. The summed E-state index contributed by atoms with van der Waals surface area (Å²) < 4.78 is 16.5. The molecule has 3 atom stereocenters. The molecule has 0 saturated heterocycles. The van der Waals surface area contributed by atoms with E-state index in [1.165, 1.54) is 6.92 Å². The summed E-state index contributed by atoms with van der Waals surface area (Å²) in [6, 6.07) is 0.188. The second-order valence-electron chi connectivity index (χ2n) is 5.83. The quantitative estimate of drug-likeness (QED) is 0.356. The number of Topliss-reactive ketones (excluding diaryl/α,β-unsaturated/α-hetero) is 1. The van der Waals surface area contributed by atoms with Gasteiger partial charge in [-0.25, -0.2) is 0 Å². The maximum absolute atomic E-state index is 11.4. The van der Waals surface area contributed by atoms with Crippen LogP contribution in [0.2, 0.25) is 0 Å². The van der Waals surface area contributed by atoms with E-state index in [0.29, 0.717) is 39.1 Å². The SMILES string of the molecule is CNC(C)COCCOCC(C)OCC(C)NC(=O)CC(C)=O. The largest absolute Gasteiger partial charge is 0.377 e. The molecule has 0 aliphatic carbocycles. The van der Waals surface area contributed by atoms with Crippen molar-refractivity contribution in [1.29, 1.82) is 0 Å². The zero-order valence-corrected chi connectivity index (χ0v) is 15.0. The molecule has 23 heavy (non-hydrogen) atoms. The lowest BCUT2D eigenvalue weighted by Crippen LogP contribution is -2.37. The van der Waals surface area contributed by atoms with Crippen LogP contribution in [0.1, 0.15) is 34.1 Å². The van der Waals surface area contributed by atoms with Gasteiger partial charge in [-0.15, -0.1) is 0 Å². The first kappa shape index (κ1) is 22.0. The number of hydrogen-bond donors (Lipinski definition) is 2. The molecule has 0 radical (unpaired) electrons. The van der Waals surface area contributed by atoms with Crippen molar-refractivity contribution >= 4 is 11.7 Å². The lowest BCUT2D eigenvalue weighted by atomic mass is 10.2. The van der Waals surface area contributed by atoms with E-state index in [-0.39, 0.29) is 30.3 Å². The highest BCUT2D eigenvalue weighted by atomic mass is 16.5. The third-order valence-corrected chi connectivity index (χ3v) is 3.03. The highest BCUT2D eigenvalue weighted by molar-refractivity contribution is 5.96. The highest BCUT2D eigenvalue weighted by Crippen LogP contribution is 1.96. The molecule has 0 bridgehead atoms. The summed E-state index contributed by atoms with van der Waals surface area (Å²) in [5, 5.41) is 5.81. The molecule has 3 unspecified atom stereocenters. The minimum atomic E-state index is -0.273. The summed E-state index contributed by atoms with van der Waals surface area (Å²) in [5.74, 6) is -0.422. The van der Waals surface area contributed by atoms with Gasteiger partial charge in [-0.2, -0.15) is 0 Å². The number of likely N-dealkylation sites (N-methyl/N-ethyl adjacent to an activating group) is 1. The Labute approximate surface area is 139 Å². The summed E-state index contributed by atoms with van der Waals surface area (Å²) in [6.07, 6.45) is -0.159. The van der Waals surface area contributed by atoms with Crippen LogP contribution in [-0.4, -0.2) is 70.0 Å². The average Bonchev–Trinajstić information content (AvgIpc) is 2.47. The molecule has 7 heteroatoms. The molecule has 0 aromatic rings. The summed E-state index contributed by atoms with van der Waals surface area (Å²) in [6.45, 7) is 9.77. The first-order valence-corrected chi connectivity index (χ1v) is 8.08. The fourth-order valence-electron chi connectivity index (χ4n) is 1.66. The molecular weight excluding hydrogens is 300 g/mol. The predicted octanol–water partition coefficient (Wildman–Crippen LogP) is 0.516. The topological polar surface area (TPSA) is 85.9 Å². The molecular formula is C16H32N2O5. The summed E-state index contributed by atoms with van der Waals surface area (Å²) in [5.41, 5.74) is 0. The second-order valence-corrected chi connectivity index (χ2v) is 5.83. The molecule has 0 rings (SSSR count). The first-order chi connectivity index (χ1) is 10.8. The Hall–Kier alpha value is -1.02. The summed E-state index contributed by atoms with van der Waals surface area (Å²) >= 11 is 0. The molecule has 136 valence electrons. The Morgan fingerprint density at radius 2 is 1.57 bits per heavy atom. The monoisotopic (exact) mass is 332 g/mol. The Morgan fingerprint density at radius 3 is 2.13 bits per heavy atom. The van der Waals surface area contributed by atoms with Crippen LogP contribution in [0.5, 0.6) is 0 Å². The average molecular weight is 332 g/mol. The van der Waals surface area contributed by atoms with Gasteiger partial charge in [-0.05, 0) is 34.7 Å². The Bertz CT molecular complexity index is 338. The van der Waals surface area contributed by atoms with E-state index in [0.717, 1.165) is 0 Å². The normalized spacial score (nSPS) is 15.0. The van der Waals surface area contributed by atoms with Crippen LogP contribution < -0.4 is 10.6 Å². The van der Waals surface area contributed by atoms with Crippen LogP contribution >= 0.6 is 0 Å². The number of carbonyl (C=O) groups excluding carboxylic acids is 2. The second kappa shape index (κ2) is 13.4. The van der Waals surface area contributed by atoms with E-state index >= 15 is 0 Å². The smallest absolute Gasteiger partial charge is 0.227 e. The van der Waals surface area contributed by atoms with Gasteiger partial charge in [0.2, 0.25) is 5.91 Å². The van der Waals surface area contributed by atoms with Crippen LogP contribution in [0.3, 0.4) is 0 Å². The Balaban J connectivity index is 3.57. The summed E-state index contributed by atoms with van der Waals surface area (Å²) in [7, 11) is 1.90. The first-order valence-electron chi connectivity index (χ1n) is 8.08. The number of hydrogen-bond acceptors (Lipinski definition) is 6. The van der Waals surface area contributed by atoms with Crippen LogP contribution in [0.25, 0.3) is 0 Å². The minimum Gasteiger partial charge on any atom is -0.377 e. The van der Waals surface area contributed by atoms with E-state index in [2.05, 4.69) is 10.6 Å². The van der Waals surface area contributed by atoms with E-state index in [1.807, 2.05) is 27.8 Å². The standard InChI is InChI=1S/C16H32N2O5/c1-12(17-5)9-21-6-7-22-11-15(4)23-10-13(2)18-16(20)8-14(3)19/h12-13,15,17H,6-11H2,1-5H3,(H,18,20).